The maximum atomic E-state index is 12.9. The number of benzene rings is 2. The minimum atomic E-state index is -3.60. The second-order valence-electron chi connectivity index (χ2n) is 7.05. The molecular formula is C22H22N2O3S2. The third-order valence-corrected chi connectivity index (χ3v) is 8.41. The Kier molecular flexibility index (Phi) is 5.43. The minimum Gasteiger partial charge on any atom is -0.368 e. The summed E-state index contributed by atoms with van der Waals surface area (Å²) in [5, 5.41) is 0. The van der Waals surface area contributed by atoms with Crippen LogP contribution in [0.25, 0.3) is 0 Å². The van der Waals surface area contributed by atoms with Gasteiger partial charge in [-0.2, -0.15) is 0 Å². The van der Waals surface area contributed by atoms with Gasteiger partial charge >= 0.3 is 0 Å². The van der Waals surface area contributed by atoms with Gasteiger partial charge in [-0.05, 0) is 43.3 Å². The topological polar surface area (TPSA) is 57.7 Å². The number of aryl methyl sites for hydroxylation is 1. The van der Waals surface area contributed by atoms with Crippen molar-refractivity contribution in [2.45, 2.75) is 16.0 Å². The Morgan fingerprint density at radius 1 is 0.862 bits per heavy atom. The average molecular weight is 427 g/mol. The second-order valence-corrected chi connectivity index (χ2v) is 10.3. The fourth-order valence-electron chi connectivity index (χ4n) is 3.38. The summed E-state index contributed by atoms with van der Waals surface area (Å²) in [6.45, 7) is 4.67. The monoisotopic (exact) mass is 426 g/mol. The third-order valence-electron chi connectivity index (χ3n) is 5.08. The molecule has 0 radical (unpaired) electrons. The van der Waals surface area contributed by atoms with Crippen molar-refractivity contribution in [1.29, 1.82) is 0 Å². The van der Waals surface area contributed by atoms with E-state index in [-0.39, 0.29) is 15.0 Å². The smallest absolute Gasteiger partial charge is 0.264 e. The first-order valence-electron chi connectivity index (χ1n) is 9.46. The summed E-state index contributed by atoms with van der Waals surface area (Å²) in [4.78, 5) is 17.7. The number of rotatable bonds is 4. The molecule has 7 heteroatoms. The molecule has 0 N–H and O–H groups in total. The molecule has 2 aromatic carbocycles. The highest BCUT2D eigenvalue weighted by Crippen LogP contribution is 2.29. The number of carbonyl (C=O) groups is 1. The van der Waals surface area contributed by atoms with Crippen molar-refractivity contribution in [3.05, 3.63) is 77.2 Å². The van der Waals surface area contributed by atoms with Gasteiger partial charge in [-0.15, -0.1) is 11.3 Å². The molecule has 0 bridgehead atoms. The third kappa shape index (κ3) is 4.06. The lowest BCUT2D eigenvalue weighted by Crippen LogP contribution is -2.48. The molecule has 0 spiro atoms. The van der Waals surface area contributed by atoms with Gasteiger partial charge in [-0.3, -0.25) is 4.79 Å². The molecule has 1 aliphatic rings. The van der Waals surface area contributed by atoms with Gasteiger partial charge in [0.15, 0.2) is 0 Å². The summed E-state index contributed by atoms with van der Waals surface area (Å²) in [7, 11) is -3.60. The first-order valence-corrected chi connectivity index (χ1v) is 11.8. The molecule has 0 saturated carbocycles. The number of piperazine rings is 1. The van der Waals surface area contributed by atoms with Crippen LogP contribution in [-0.4, -0.2) is 45.4 Å². The summed E-state index contributed by atoms with van der Waals surface area (Å²) in [5.41, 5.74) is 2.16. The van der Waals surface area contributed by atoms with Gasteiger partial charge in [0.25, 0.3) is 5.91 Å². The maximum absolute atomic E-state index is 12.9. The molecule has 150 valence electrons. The average Bonchev–Trinajstić information content (AvgIpc) is 3.25. The second kappa shape index (κ2) is 8.00. The molecule has 0 aliphatic carbocycles. The minimum absolute atomic E-state index is 0.104. The zero-order valence-electron chi connectivity index (χ0n) is 16.1. The lowest BCUT2D eigenvalue weighted by molar-refractivity contribution is 0.0751. The highest BCUT2D eigenvalue weighted by atomic mass is 32.2. The maximum Gasteiger partial charge on any atom is 0.264 e. The number of para-hydroxylation sites is 1. The standard InChI is InChI=1S/C22H22N2O3S2/c1-17-7-9-19(10-8-17)29(26,27)21-12-11-20(28-21)22(25)24-15-13-23(14-16-24)18-5-3-2-4-6-18/h2-12H,13-16H2,1H3. The van der Waals surface area contributed by atoms with Crippen LogP contribution < -0.4 is 4.90 Å². The van der Waals surface area contributed by atoms with E-state index in [0.29, 0.717) is 18.0 Å². The van der Waals surface area contributed by atoms with Gasteiger partial charge in [0.2, 0.25) is 9.84 Å². The Bertz CT molecular complexity index is 1100. The SMILES string of the molecule is Cc1ccc(S(=O)(=O)c2ccc(C(=O)N3CCN(c4ccccc4)CC3)s2)cc1. The molecule has 3 aromatic rings. The Labute approximate surface area is 175 Å². The predicted octanol–water partition coefficient (Wildman–Crippen LogP) is 3.85. The van der Waals surface area contributed by atoms with E-state index in [1.807, 2.05) is 25.1 Å². The van der Waals surface area contributed by atoms with Crippen LogP contribution >= 0.6 is 11.3 Å². The van der Waals surface area contributed by atoms with Crippen molar-refractivity contribution < 1.29 is 13.2 Å². The normalized spacial score (nSPS) is 14.8. The van der Waals surface area contributed by atoms with Crippen LogP contribution in [0.15, 0.2) is 75.8 Å². The molecule has 0 unspecified atom stereocenters. The number of carbonyl (C=O) groups excluding carboxylic acids is 1. The first kappa shape index (κ1) is 19.7. The van der Waals surface area contributed by atoms with Crippen molar-refractivity contribution in [1.82, 2.24) is 4.90 Å². The fraction of sp³-hybridized carbons (Fsp3) is 0.227. The summed E-state index contributed by atoms with van der Waals surface area (Å²) < 4.78 is 25.9. The lowest BCUT2D eigenvalue weighted by atomic mass is 10.2. The Hall–Kier alpha value is -2.64. The molecular weight excluding hydrogens is 404 g/mol. The van der Waals surface area contributed by atoms with Crippen LogP contribution in [0.5, 0.6) is 0 Å². The quantitative estimate of drug-likeness (QED) is 0.636. The van der Waals surface area contributed by atoms with E-state index in [1.165, 1.54) is 6.07 Å². The first-order chi connectivity index (χ1) is 13.9. The van der Waals surface area contributed by atoms with Crippen LogP contribution in [0.4, 0.5) is 5.69 Å². The van der Waals surface area contributed by atoms with Crippen molar-refractivity contribution in [2.24, 2.45) is 0 Å². The van der Waals surface area contributed by atoms with E-state index >= 15 is 0 Å². The number of amides is 1. The molecule has 29 heavy (non-hydrogen) atoms. The van der Waals surface area contributed by atoms with Crippen LogP contribution in [-0.2, 0) is 9.84 Å². The zero-order valence-corrected chi connectivity index (χ0v) is 17.7. The number of hydrogen-bond donors (Lipinski definition) is 0. The van der Waals surface area contributed by atoms with E-state index in [0.717, 1.165) is 35.7 Å². The van der Waals surface area contributed by atoms with Crippen molar-refractivity contribution in [3.8, 4) is 0 Å². The van der Waals surface area contributed by atoms with Crippen molar-refractivity contribution in [3.63, 3.8) is 0 Å². The van der Waals surface area contributed by atoms with Gasteiger partial charge in [0.05, 0.1) is 9.77 Å². The van der Waals surface area contributed by atoms with Crippen LogP contribution in [0.2, 0.25) is 0 Å². The number of anilines is 1. The lowest BCUT2D eigenvalue weighted by Gasteiger charge is -2.35. The zero-order chi connectivity index (χ0) is 20.4. The highest BCUT2D eigenvalue weighted by Gasteiger charge is 2.26. The molecule has 0 atom stereocenters. The molecule has 5 nitrogen and oxygen atoms in total. The summed E-state index contributed by atoms with van der Waals surface area (Å²) >= 11 is 1.05. The molecule has 2 heterocycles. The fourth-order valence-corrected chi connectivity index (χ4v) is 6.05. The van der Waals surface area contributed by atoms with Gasteiger partial charge in [0.1, 0.15) is 4.21 Å². The largest absolute Gasteiger partial charge is 0.368 e. The van der Waals surface area contributed by atoms with Gasteiger partial charge < -0.3 is 9.80 Å². The Balaban J connectivity index is 1.46. The van der Waals surface area contributed by atoms with Crippen LogP contribution in [0.1, 0.15) is 15.2 Å². The van der Waals surface area contributed by atoms with Crippen LogP contribution in [0.3, 0.4) is 0 Å². The molecule has 1 aromatic heterocycles. The number of nitrogens with zero attached hydrogens (tertiary/aromatic N) is 2. The molecule has 1 amide bonds. The van der Waals surface area contributed by atoms with Gasteiger partial charge in [-0.1, -0.05) is 35.9 Å². The molecule has 4 rings (SSSR count). The Morgan fingerprint density at radius 2 is 1.52 bits per heavy atom. The van der Waals surface area contributed by atoms with E-state index in [1.54, 1.807) is 35.2 Å². The summed E-state index contributed by atoms with van der Waals surface area (Å²) in [6.07, 6.45) is 0. The van der Waals surface area contributed by atoms with Gasteiger partial charge in [-0.25, -0.2) is 8.42 Å². The van der Waals surface area contributed by atoms with Crippen molar-refractivity contribution >= 4 is 32.8 Å². The molecule has 1 aliphatic heterocycles. The van der Waals surface area contributed by atoms with E-state index < -0.39 is 9.84 Å². The van der Waals surface area contributed by atoms with E-state index in [9.17, 15) is 13.2 Å². The van der Waals surface area contributed by atoms with E-state index in [2.05, 4.69) is 17.0 Å². The van der Waals surface area contributed by atoms with E-state index in [4.69, 9.17) is 0 Å². The summed E-state index contributed by atoms with van der Waals surface area (Å²) in [5.74, 6) is -0.104. The Morgan fingerprint density at radius 3 is 2.17 bits per heavy atom. The van der Waals surface area contributed by atoms with Crippen molar-refractivity contribution in [2.75, 3.05) is 31.1 Å². The summed E-state index contributed by atoms with van der Waals surface area (Å²) in [6, 6.07) is 20.1. The number of thiophene rings is 1. The molecule has 1 fully saturated rings. The number of hydrogen-bond acceptors (Lipinski definition) is 5. The van der Waals surface area contributed by atoms with Crippen LogP contribution in [0, 0.1) is 6.92 Å². The highest BCUT2D eigenvalue weighted by molar-refractivity contribution is 7.93. The number of sulfone groups is 1. The predicted molar refractivity (Wildman–Crippen MR) is 116 cm³/mol. The molecule has 1 saturated heterocycles. The van der Waals surface area contributed by atoms with Gasteiger partial charge in [0, 0.05) is 31.9 Å².